The maximum atomic E-state index is 3.54. The molecular formula is C21H39N3. The molecule has 2 aliphatic heterocycles. The van der Waals surface area contributed by atoms with Gasteiger partial charge in [-0.2, -0.15) is 0 Å². The van der Waals surface area contributed by atoms with Crippen LogP contribution in [0.3, 0.4) is 0 Å². The first-order valence-corrected chi connectivity index (χ1v) is 9.86. The molecular weight excluding hydrogens is 294 g/mol. The lowest BCUT2D eigenvalue weighted by molar-refractivity contribution is 0.0337. The Labute approximate surface area is 150 Å². The van der Waals surface area contributed by atoms with Crippen molar-refractivity contribution in [1.82, 2.24) is 14.7 Å². The van der Waals surface area contributed by atoms with Crippen molar-refractivity contribution in [3.8, 4) is 11.8 Å². The molecule has 2 aliphatic rings. The molecule has 3 nitrogen and oxygen atoms in total. The molecule has 0 atom stereocenters. The maximum Gasteiger partial charge on any atom is 0.0769 e. The van der Waals surface area contributed by atoms with Crippen LogP contribution in [0.15, 0.2) is 0 Å². The Hall–Kier alpha value is -0.560. The third-order valence-corrected chi connectivity index (χ3v) is 5.59. The summed E-state index contributed by atoms with van der Waals surface area (Å²) in [6.07, 6.45) is 2.59. The van der Waals surface area contributed by atoms with Gasteiger partial charge in [0.2, 0.25) is 0 Å². The van der Waals surface area contributed by atoms with Crippen LogP contribution in [0.4, 0.5) is 0 Å². The number of hydrogen-bond donors (Lipinski definition) is 0. The van der Waals surface area contributed by atoms with Gasteiger partial charge in [-0.05, 0) is 61.3 Å². The van der Waals surface area contributed by atoms with Crippen LogP contribution in [0.1, 0.15) is 61.3 Å². The predicted molar refractivity (Wildman–Crippen MR) is 104 cm³/mol. The zero-order valence-electron chi connectivity index (χ0n) is 17.2. The first-order chi connectivity index (χ1) is 11.1. The second-order valence-electron chi connectivity index (χ2n) is 9.44. The molecule has 0 saturated carbocycles. The molecule has 138 valence electrons. The van der Waals surface area contributed by atoms with Crippen LogP contribution in [-0.2, 0) is 0 Å². The van der Waals surface area contributed by atoms with Crippen LogP contribution >= 0.6 is 0 Å². The topological polar surface area (TPSA) is 9.72 Å². The summed E-state index contributed by atoms with van der Waals surface area (Å²) in [6, 6.07) is 1.47. The van der Waals surface area contributed by atoms with Gasteiger partial charge in [0.25, 0.3) is 0 Å². The van der Waals surface area contributed by atoms with Gasteiger partial charge in [-0.1, -0.05) is 11.8 Å². The zero-order chi connectivity index (χ0) is 18.0. The molecule has 2 saturated heterocycles. The lowest BCUT2D eigenvalue weighted by Crippen LogP contribution is -2.56. The number of piperazine rings is 1. The third kappa shape index (κ3) is 5.48. The van der Waals surface area contributed by atoms with E-state index in [2.05, 4.69) is 75.0 Å². The maximum absolute atomic E-state index is 3.54. The molecule has 0 spiro atoms. The van der Waals surface area contributed by atoms with Crippen LogP contribution in [0.25, 0.3) is 0 Å². The third-order valence-electron chi connectivity index (χ3n) is 5.59. The van der Waals surface area contributed by atoms with E-state index < -0.39 is 0 Å². The van der Waals surface area contributed by atoms with Crippen molar-refractivity contribution in [1.29, 1.82) is 0 Å². The summed E-state index contributed by atoms with van der Waals surface area (Å²) in [5, 5.41) is 0. The van der Waals surface area contributed by atoms with Crippen LogP contribution in [0.2, 0.25) is 0 Å². The van der Waals surface area contributed by atoms with Crippen molar-refractivity contribution in [3.63, 3.8) is 0 Å². The number of likely N-dealkylation sites (tertiary alicyclic amines) is 1. The van der Waals surface area contributed by atoms with Crippen molar-refractivity contribution in [2.45, 2.75) is 78.9 Å². The van der Waals surface area contributed by atoms with E-state index in [1.54, 1.807) is 0 Å². The van der Waals surface area contributed by atoms with E-state index in [1.807, 2.05) is 0 Å². The molecule has 0 N–H and O–H groups in total. The van der Waals surface area contributed by atoms with Gasteiger partial charge in [0, 0.05) is 56.8 Å². The second kappa shape index (κ2) is 7.77. The summed E-state index contributed by atoms with van der Waals surface area (Å²) in [5.74, 6) is 6.98. The quantitative estimate of drug-likeness (QED) is 0.734. The molecule has 0 bridgehead atoms. The van der Waals surface area contributed by atoms with Gasteiger partial charge >= 0.3 is 0 Å². The normalized spacial score (nSPS) is 23.3. The smallest absolute Gasteiger partial charge is 0.0769 e. The fourth-order valence-corrected chi connectivity index (χ4v) is 3.83. The van der Waals surface area contributed by atoms with Crippen LogP contribution in [0, 0.1) is 17.3 Å². The van der Waals surface area contributed by atoms with Gasteiger partial charge < -0.3 is 0 Å². The minimum atomic E-state index is -0.00537. The number of nitrogens with zero attached hydrogens (tertiary/aromatic N) is 3. The number of hydrogen-bond acceptors (Lipinski definition) is 3. The second-order valence-corrected chi connectivity index (χ2v) is 9.44. The highest BCUT2D eigenvalue weighted by Crippen LogP contribution is 2.25. The number of rotatable bonds is 3. The van der Waals surface area contributed by atoms with Gasteiger partial charge in [-0.15, -0.1) is 0 Å². The average molecular weight is 334 g/mol. The summed E-state index contributed by atoms with van der Waals surface area (Å²) in [6.45, 7) is 23.1. The SMILES string of the molecule is CC(C)N1CCN(C2CCN(C(C)(C)C#CC(C)(C)C)CC2)CC1. The van der Waals surface area contributed by atoms with Crippen molar-refractivity contribution in [2.24, 2.45) is 5.41 Å². The minimum Gasteiger partial charge on any atom is -0.298 e. The molecule has 0 aromatic heterocycles. The molecule has 2 rings (SSSR count). The van der Waals surface area contributed by atoms with Crippen LogP contribution in [0.5, 0.6) is 0 Å². The predicted octanol–water partition coefficient (Wildman–Crippen LogP) is 3.30. The van der Waals surface area contributed by atoms with Crippen molar-refractivity contribution in [2.75, 3.05) is 39.3 Å². The van der Waals surface area contributed by atoms with E-state index in [4.69, 9.17) is 0 Å². The lowest BCUT2D eigenvalue weighted by atomic mass is 9.92. The molecule has 2 fully saturated rings. The van der Waals surface area contributed by atoms with E-state index in [-0.39, 0.29) is 11.0 Å². The standard InChI is InChI=1S/C21H39N3/c1-18(2)22-14-16-23(17-15-22)19-8-12-24(13-9-19)21(6,7)11-10-20(3,4)5/h18-19H,8-9,12-17H2,1-7H3. The summed E-state index contributed by atoms with van der Waals surface area (Å²) in [4.78, 5) is 7.94. The summed E-state index contributed by atoms with van der Waals surface area (Å²) in [7, 11) is 0. The highest BCUT2D eigenvalue weighted by molar-refractivity contribution is 5.19. The molecule has 0 radical (unpaired) electrons. The highest BCUT2D eigenvalue weighted by Gasteiger charge is 2.32. The van der Waals surface area contributed by atoms with E-state index in [0.717, 1.165) is 6.04 Å². The Morgan fingerprint density at radius 2 is 1.33 bits per heavy atom. The van der Waals surface area contributed by atoms with Crippen molar-refractivity contribution in [3.05, 3.63) is 0 Å². The summed E-state index contributed by atoms with van der Waals surface area (Å²) >= 11 is 0. The van der Waals surface area contributed by atoms with E-state index in [0.29, 0.717) is 6.04 Å². The molecule has 0 aromatic carbocycles. The molecule has 0 aliphatic carbocycles. The summed E-state index contributed by atoms with van der Waals surface area (Å²) < 4.78 is 0. The van der Waals surface area contributed by atoms with Gasteiger partial charge in [0.05, 0.1) is 5.54 Å². The highest BCUT2D eigenvalue weighted by atomic mass is 15.3. The monoisotopic (exact) mass is 333 g/mol. The van der Waals surface area contributed by atoms with Gasteiger partial charge in [-0.3, -0.25) is 14.7 Å². The van der Waals surface area contributed by atoms with Gasteiger partial charge in [0.1, 0.15) is 0 Å². The summed E-state index contributed by atoms with van der Waals surface area (Å²) in [5.41, 5.74) is 0.0836. The van der Waals surface area contributed by atoms with E-state index in [1.165, 1.54) is 52.1 Å². The van der Waals surface area contributed by atoms with Gasteiger partial charge in [0.15, 0.2) is 0 Å². The lowest BCUT2D eigenvalue weighted by Gasteiger charge is -2.46. The Balaban J connectivity index is 1.84. The molecule has 0 unspecified atom stereocenters. The molecule has 3 heteroatoms. The Morgan fingerprint density at radius 3 is 1.79 bits per heavy atom. The van der Waals surface area contributed by atoms with Crippen LogP contribution in [-0.4, -0.2) is 71.6 Å². The zero-order valence-corrected chi connectivity index (χ0v) is 17.2. The van der Waals surface area contributed by atoms with E-state index in [9.17, 15) is 0 Å². The van der Waals surface area contributed by atoms with Crippen molar-refractivity contribution >= 4 is 0 Å². The first-order valence-electron chi connectivity index (χ1n) is 9.86. The molecule has 24 heavy (non-hydrogen) atoms. The minimum absolute atomic E-state index is 0.00537. The van der Waals surface area contributed by atoms with Gasteiger partial charge in [-0.25, -0.2) is 0 Å². The number of piperidine rings is 1. The van der Waals surface area contributed by atoms with E-state index >= 15 is 0 Å². The van der Waals surface area contributed by atoms with Crippen LogP contribution < -0.4 is 0 Å². The largest absolute Gasteiger partial charge is 0.298 e. The fourth-order valence-electron chi connectivity index (χ4n) is 3.83. The Bertz CT molecular complexity index is 448. The molecule has 0 amide bonds. The Morgan fingerprint density at radius 1 is 0.792 bits per heavy atom. The Kier molecular flexibility index (Phi) is 6.40. The van der Waals surface area contributed by atoms with Crippen molar-refractivity contribution < 1.29 is 0 Å². The molecule has 0 aromatic rings. The fraction of sp³-hybridized carbons (Fsp3) is 0.905. The first kappa shape index (κ1) is 19.8. The molecule has 2 heterocycles. The average Bonchev–Trinajstić information content (AvgIpc) is 2.53.